The molecule has 0 atom stereocenters. The normalized spacial score (nSPS) is 11.6. The number of nitrogens with one attached hydrogen (secondary N) is 1. The van der Waals surface area contributed by atoms with Crippen molar-refractivity contribution >= 4 is 22.4 Å². The van der Waals surface area contributed by atoms with Crippen molar-refractivity contribution in [3.05, 3.63) is 71.8 Å². The zero-order valence-electron chi connectivity index (χ0n) is 14.8. The van der Waals surface area contributed by atoms with E-state index in [4.69, 9.17) is 4.74 Å². The number of carbonyl (C=O) groups excluding carboxylic acids is 1. The Kier molecular flexibility index (Phi) is 5.08. The van der Waals surface area contributed by atoms with Crippen LogP contribution in [0.25, 0.3) is 10.8 Å². The van der Waals surface area contributed by atoms with Crippen LogP contribution in [-0.2, 0) is 6.18 Å². The van der Waals surface area contributed by atoms with Gasteiger partial charge in [0.25, 0.3) is 5.91 Å². The fourth-order valence-electron chi connectivity index (χ4n) is 2.77. The summed E-state index contributed by atoms with van der Waals surface area (Å²) in [5.74, 6) is -0.314. The first-order valence-electron chi connectivity index (χ1n) is 8.42. The molecule has 3 rings (SSSR count). The minimum absolute atomic E-state index is 0.0172. The highest BCUT2D eigenvalue weighted by Gasteiger charge is 2.31. The van der Waals surface area contributed by atoms with Gasteiger partial charge in [0.1, 0.15) is 5.75 Å². The number of alkyl halides is 3. The molecule has 0 aromatic heterocycles. The first-order valence-corrected chi connectivity index (χ1v) is 8.42. The van der Waals surface area contributed by atoms with Crippen LogP contribution >= 0.6 is 0 Å². The Morgan fingerprint density at radius 1 is 1.00 bits per heavy atom. The number of carbonyl (C=O) groups is 1. The SMILES string of the molecule is CC(C)Oc1ccc(C(F)(F)F)cc1NC(=O)c1cccc2ccccc12. The van der Waals surface area contributed by atoms with E-state index in [2.05, 4.69) is 5.32 Å². The minimum atomic E-state index is -4.52. The van der Waals surface area contributed by atoms with Crippen LogP contribution < -0.4 is 10.1 Å². The van der Waals surface area contributed by atoms with Crippen molar-refractivity contribution in [2.45, 2.75) is 26.1 Å². The van der Waals surface area contributed by atoms with Crippen LogP contribution in [0.3, 0.4) is 0 Å². The Balaban J connectivity index is 2.00. The molecule has 0 fully saturated rings. The van der Waals surface area contributed by atoms with Crippen LogP contribution in [0.2, 0.25) is 0 Å². The number of anilines is 1. The Labute approximate surface area is 154 Å². The van der Waals surface area contributed by atoms with Gasteiger partial charge in [0.15, 0.2) is 0 Å². The van der Waals surface area contributed by atoms with Gasteiger partial charge in [0.05, 0.1) is 17.4 Å². The fraction of sp³-hybridized carbons (Fsp3) is 0.190. The molecule has 0 saturated heterocycles. The van der Waals surface area contributed by atoms with Gasteiger partial charge in [-0.15, -0.1) is 0 Å². The third-order valence-electron chi connectivity index (χ3n) is 3.95. The van der Waals surface area contributed by atoms with Crippen LogP contribution in [0, 0.1) is 0 Å². The van der Waals surface area contributed by atoms with Gasteiger partial charge in [-0.2, -0.15) is 13.2 Å². The van der Waals surface area contributed by atoms with Crippen molar-refractivity contribution in [2.24, 2.45) is 0 Å². The number of hydrogen-bond donors (Lipinski definition) is 1. The van der Waals surface area contributed by atoms with E-state index in [0.717, 1.165) is 22.9 Å². The molecular weight excluding hydrogens is 355 g/mol. The summed E-state index contributed by atoms with van der Waals surface area (Å²) in [5.41, 5.74) is -0.496. The van der Waals surface area contributed by atoms with E-state index in [1.54, 1.807) is 38.1 Å². The molecule has 6 heteroatoms. The molecule has 0 radical (unpaired) electrons. The summed E-state index contributed by atoms with van der Waals surface area (Å²) in [6.45, 7) is 3.52. The predicted octanol–water partition coefficient (Wildman–Crippen LogP) is 5.90. The number of fused-ring (bicyclic) bond motifs is 1. The summed E-state index contributed by atoms with van der Waals surface area (Å²) < 4.78 is 44.8. The molecule has 140 valence electrons. The lowest BCUT2D eigenvalue weighted by Gasteiger charge is -2.17. The number of rotatable bonds is 4. The molecule has 0 saturated carbocycles. The van der Waals surface area contributed by atoms with Crippen LogP contribution in [0.15, 0.2) is 60.7 Å². The van der Waals surface area contributed by atoms with Gasteiger partial charge in [0.2, 0.25) is 0 Å². The smallest absolute Gasteiger partial charge is 0.416 e. The van der Waals surface area contributed by atoms with Crippen molar-refractivity contribution in [1.29, 1.82) is 0 Å². The summed E-state index contributed by atoms with van der Waals surface area (Å²) in [5, 5.41) is 4.16. The maximum atomic E-state index is 13.1. The number of benzene rings is 3. The van der Waals surface area contributed by atoms with Gasteiger partial charge < -0.3 is 10.1 Å². The van der Waals surface area contributed by atoms with Crippen molar-refractivity contribution < 1.29 is 22.7 Å². The Morgan fingerprint density at radius 2 is 1.70 bits per heavy atom. The van der Waals surface area contributed by atoms with E-state index in [9.17, 15) is 18.0 Å². The molecule has 1 amide bonds. The molecule has 0 unspecified atom stereocenters. The fourth-order valence-corrected chi connectivity index (χ4v) is 2.77. The first kappa shape index (κ1) is 18.8. The lowest BCUT2D eigenvalue weighted by atomic mass is 10.0. The summed E-state index contributed by atoms with van der Waals surface area (Å²) >= 11 is 0. The zero-order valence-corrected chi connectivity index (χ0v) is 14.8. The predicted molar refractivity (Wildman–Crippen MR) is 99.1 cm³/mol. The molecule has 0 aliphatic rings. The Bertz CT molecular complexity index is 975. The van der Waals surface area contributed by atoms with Gasteiger partial charge in [-0.25, -0.2) is 0 Å². The highest BCUT2D eigenvalue weighted by Crippen LogP contribution is 2.35. The van der Waals surface area contributed by atoms with Crippen molar-refractivity contribution in [3.63, 3.8) is 0 Å². The maximum absolute atomic E-state index is 13.1. The van der Waals surface area contributed by atoms with Crippen LogP contribution in [0.1, 0.15) is 29.8 Å². The van der Waals surface area contributed by atoms with E-state index in [0.29, 0.717) is 5.56 Å². The molecule has 1 N–H and O–H groups in total. The van der Waals surface area contributed by atoms with Gasteiger partial charge in [-0.05, 0) is 48.9 Å². The maximum Gasteiger partial charge on any atom is 0.416 e. The van der Waals surface area contributed by atoms with E-state index in [1.165, 1.54) is 6.07 Å². The van der Waals surface area contributed by atoms with Gasteiger partial charge in [0, 0.05) is 5.56 Å². The summed E-state index contributed by atoms with van der Waals surface area (Å²) in [6.07, 6.45) is -4.77. The standard InChI is InChI=1S/C21H18F3NO2/c1-13(2)27-19-11-10-15(21(22,23)24)12-18(19)25-20(26)17-9-5-7-14-6-3-4-8-16(14)17/h3-13H,1-2H3,(H,25,26). The number of ether oxygens (including phenoxy) is 1. The van der Waals surface area contributed by atoms with Gasteiger partial charge >= 0.3 is 6.18 Å². The van der Waals surface area contributed by atoms with Crippen molar-refractivity contribution in [1.82, 2.24) is 0 Å². The second kappa shape index (κ2) is 7.31. The molecule has 0 heterocycles. The van der Waals surface area contributed by atoms with E-state index >= 15 is 0 Å². The summed E-state index contributed by atoms with van der Waals surface area (Å²) in [4.78, 5) is 12.8. The molecule has 0 aliphatic heterocycles. The molecule has 3 nitrogen and oxygen atoms in total. The summed E-state index contributed by atoms with van der Waals surface area (Å²) in [6, 6.07) is 15.6. The monoisotopic (exact) mass is 373 g/mol. The lowest BCUT2D eigenvalue weighted by molar-refractivity contribution is -0.137. The van der Waals surface area contributed by atoms with Crippen LogP contribution in [0.4, 0.5) is 18.9 Å². The molecule has 3 aromatic rings. The molecule has 0 aliphatic carbocycles. The lowest BCUT2D eigenvalue weighted by Crippen LogP contribution is -2.16. The van der Waals surface area contributed by atoms with Crippen molar-refractivity contribution in [3.8, 4) is 5.75 Å². The average Bonchev–Trinajstić information content (AvgIpc) is 2.61. The van der Waals surface area contributed by atoms with Gasteiger partial charge in [-0.3, -0.25) is 4.79 Å². The zero-order chi connectivity index (χ0) is 19.6. The Morgan fingerprint density at radius 3 is 2.41 bits per heavy atom. The third-order valence-corrected chi connectivity index (χ3v) is 3.95. The number of hydrogen-bond acceptors (Lipinski definition) is 2. The topological polar surface area (TPSA) is 38.3 Å². The van der Waals surface area contributed by atoms with Crippen LogP contribution in [-0.4, -0.2) is 12.0 Å². The number of halogens is 3. The minimum Gasteiger partial charge on any atom is -0.489 e. The molecule has 0 spiro atoms. The van der Waals surface area contributed by atoms with Crippen LogP contribution in [0.5, 0.6) is 5.75 Å². The third kappa shape index (κ3) is 4.22. The molecule has 27 heavy (non-hydrogen) atoms. The second-order valence-corrected chi connectivity index (χ2v) is 6.36. The molecule has 3 aromatic carbocycles. The van der Waals surface area contributed by atoms with Crippen molar-refractivity contribution in [2.75, 3.05) is 5.32 Å². The van der Waals surface area contributed by atoms with E-state index in [-0.39, 0.29) is 17.5 Å². The largest absolute Gasteiger partial charge is 0.489 e. The molecular formula is C21H18F3NO2. The average molecular weight is 373 g/mol. The highest BCUT2D eigenvalue weighted by molar-refractivity contribution is 6.13. The first-order chi connectivity index (χ1) is 12.8. The number of amides is 1. The Hall–Kier alpha value is -3.02. The van der Waals surface area contributed by atoms with Gasteiger partial charge in [-0.1, -0.05) is 36.4 Å². The summed E-state index contributed by atoms with van der Waals surface area (Å²) in [7, 11) is 0. The quantitative estimate of drug-likeness (QED) is 0.618. The second-order valence-electron chi connectivity index (χ2n) is 6.36. The van der Waals surface area contributed by atoms with E-state index < -0.39 is 17.6 Å². The highest BCUT2D eigenvalue weighted by atomic mass is 19.4. The van der Waals surface area contributed by atoms with E-state index in [1.807, 2.05) is 18.2 Å². The molecule has 0 bridgehead atoms.